The number of carbonyl (C=O) groups is 2. The maximum absolute atomic E-state index is 11.0. The average Bonchev–Trinajstić information content (AvgIpc) is 2.05. The van der Waals surface area contributed by atoms with Gasteiger partial charge in [-0.25, -0.2) is 0 Å². The third-order valence-electron chi connectivity index (χ3n) is 1.28. The first kappa shape index (κ1) is 16.8. The van der Waals surface area contributed by atoms with Gasteiger partial charge in [0.1, 0.15) is 0 Å². The van der Waals surface area contributed by atoms with Gasteiger partial charge in [-0.15, -0.1) is 9.24 Å². The summed E-state index contributed by atoms with van der Waals surface area (Å²) in [6.45, 7) is 4.10. The second-order valence-electron chi connectivity index (χ2n) is 2.37. The molecule has 1 radical (unpaired) electrons. The zero-order valence-electron chi connectivity index (χ0n) is 8.91. The van der Waals surface area contributed by atoms with E-state index in [9.17, 15) is 9.59 Å². The molecule has 0 aromatic heterocycles. The Kier molecular flexibility index (Phi) is 11.9. The molecule has 0 aromatic rings. The Morgan fingerprint density at radius 1 is 1.21 bits per heavy atom. The predicted molar refractivity (Wildman–Crippen MR) is 57.1 cm³/mol. The van der Waals surface area contributed by atoms with E-state index in [4.69, 9.17) is 4.74 Å². The molecule has 0 aliphatic rings. The fourth-order valence-corrected chi connectivity index (χ4v) is 1.02. The molecule has 0 rings (SSSR count). The molecule has 2 unspecified atom stereocenters. The Morgan fingerprint density at radius 3 is 2.14 bits per heavy atom. The van der Waals surface area contributed by atoms with Crippen molar-refractivity contribution in [2.24, 2.45) is 0 Å². The maximum Gasteiger partial charge on any atom is 0.313 e. The van der Waals surface area contributed by atoms with Crippen molar-refractivity contribution in [3.63, 3.8) is 0 Å². The second-order valence-corrected chi connectivity index (χ2v) is 3.17. The van der Waals surface area contributed by atoms with Gasteiger partial charge in [0.25, 0.3) is 0 Å². The van der Waals surface area contributed by atoms with Crippen molar-refractivity contribution in [3.05, 3.63) is 0 Å². The maximum atomic E-state index is 11.0. The van der Waals surface area contributed by atoms with Crippen LogP contribution in [-0.4, -0.2) is 60.4 Å². The Balaban J connectivity index is 0. The summed E-state index contributed by atoms with van der Waals surface area (Å²) in [4.78, 5) is 22.0. The summed E-state index contributed by atoms with van der Waals surface area (Å²) in [7, 11) is 2.27. The van der Waals surface area contributed by atoms with Gasteiger partial charge in [0.2, 0.25) is 0 Å². The first-order chi connectivity index (χ1) is 6.11. The third-order valence-corrected chi connectivity index (χ3v) is 1.79. The minimum absolute atomic E-state index is 0. The topological polar surface area (TPSA) is 52.6 Å². The Bertz CT molecular complexity index is 186. The summed E-state index contributed by atoms with van der Waals surface area (Å²) in [5.41, 5.74) is -0.501. The molecular weight excluding hydrogens is 214 g/mol. The summed E-state index contributed by atoms with van der Waals surface area (Å²) in [5.74, 6) is -0.767. The number of hydrogen-bond acceptors (Lipinski definition) is 4. The number of rotatable bonds is 5. The molecule has 0 amide bonds. The van der Waals surface area contributed by atoms with Crippen LogP contribution in [0.25, 0.3) is 0 Å². The van der Waals surface area contributed by atoms with E-state index in [0.29, 0.717) is 13.2 Å². The van der Waals surface area contributed by atoms with Crippen LogP contribution in [0.4, 0.5) is 0 Å². The quantitative estimate of drug-likeness (QED) is 0.388. The van der Waals surface area contributed by atoms with Crippen molar-refractivity contribution >= 4 is 50.7 Å². The Morgan fingerprint density at radius 2 is 1.71 bits per heavy atom. The zero-order chi connectivity index (χ0) is 10.3. The van der Waals surface area contributed by atoms with Crippen molar-refractivity contribution in [3.8, 4) is 0 Å². The molecule has 0 fully saturated rings. The molecule has 0 N–H and O–H groups in total. The number of hydrogen-bond donors (Lipinski definition) is 0. The van der Waals surface area contributed by atoms with Crippen molar-refractivity contribution in [2.75, 3.05) is 13.2 Å². The van der Waals surface area contributed by atoms with E-state index in [1.54, 1.807) is 13.8 Å². The van der Waals surface area contributed by atoms with Gasteiger partial charge >= 0.3 is 11.9 Å². The Hall–Kier alpha value is 0.370. The van der Waals surface area contributed by atoms with Crippen LogP contribution >= 0.6 is 9.24 Å². The monoisotopic (exact) mass is 229 g/mol. The molecule has 0 saturated heterocycles. The molecule has 14 heavy (non-hydrogen) atoms. The molecule has 0 aromatic carbocycles. The van der Waals surface area contributed by atoms with E-state index >= 15 is 0 Å². The third kappa shape index (κ3) is 7.74. The predicted octanol–water partition coefficient (Wildman–Crippen LogP) is 0.366. The van der Waals surface area contributed by atoms with E-state index in [1.165, 1.54) is 0 Å². The number of carbonyl (C=O) groups excluding carboxylic acids is 2. The van der Waals surface area contributed by atoms with E-state index in [-0.39, 0.29) is 47.9 Å². The van der Waals surface area contributed by atoms with E-state index < -0.39 is 5.66 Å². The number of ether oxygens (including phenoxy) is 2. The van der Waals surface area contributed by atoms with Crippen molar-refractivity contribution in [2.45, 2.75) is 25.9 Å². The smallest absolute Gasteiger partial charge is 0.313 e. The van der Waals surface area contributed by atoms with Crippen molar-refractivity contribution in [1.29, 1.82) is 0 Å². The van der Waals surface area contributed by atoms with E-state index in [2.05, 4.69) is 14.0 Å². The summed E-state index contributed by atoms with van der Waals surface area (Å²) in [6, 6.07) is 0. The normalized spacial score (nSPS) is 11.1. The van der Waals surface area contributed by atoms with E-state index in [1.807, 2.05) is 0 Å². The van der Waals surface area contributed by atoms with Gasteiger partial charge in [0.15, 0.2) is 0 Å². The van der Waals surface area contributed by atoms with Crippen LogP contribution in [0.1, 0.15) is 20.3 Å². The first-order valence-electron chi connectivity index (χ1n) is 4.19. The number of esters is 2. The standard InChI is InChI=1S/C8H15O4P.Na/c1-3-11-7(9)5-6(13)8(10)12-4-2;/h6H,3-5,13H2,1-2H3;. The van der Waals surface area contributed by atoms with Gasteiger partial charge < -0.3 is 9.47 Å². The molecule has 4 nitrogen and oxygen atoms in total. The van der Waals surface area contributed by atoms with Gasteiger partial charge in [0, 0.05) is 29.6 Å². The minimum Gasteiger partial charge on any atom is -0.466 e. The minimum atomic E-state index is -0.501. The van der Waals surface area contributed by atoms with Crippen molar-refractivity contribution in [1.82, 2.24) is 0 Å². The molecule has 0 aliphatic heterocycles. The van der Waals surface area contributed by atoms with Crippen LogP contribution < -0.4 is 0 Å². The fraction of sp³-hybridized carbons (Fsp3) is 0.750. The molecule has 77 valence electrons. The largest absolute Gasteiger partial charge is 0.466 e. The first-order valence-corrected chi connectivity index (χ1v) is 4.86. The summed E-state index contributed by atoms with van der Waals surface area (Å²) in [6.07, 6.45) is 0.0529. The van der Waals surface area contributed by atoms with Crippen LogP contribution in [0.5, 0.6) is 0 Å². The molecule has 0 heterocycles. The van der Waals surface area contributed by atoms with Gasteiger partial charge in [-0.05, 0) is 13.8 Å². The van der Waals surface area contributed by atoms with Crippen LogP contribution in [0, 0.1) is 0 Å². The van der Waals surface area contributed by atoms with Gasteiger partial charge in [-0.1, -0.05) is 0 Å². The summed E-state index contributed by atoms with van der Waals surface area (Å²) in [5, 5.41) is 0. The molecular formula is C8H15NaO4P. The summed E-state index contributed by atoms with van der Waals surface area (Å²) < 4.78 is 9.40. The van der Waals surface area contributed by atoms with Crippen molar-refractivity contribution < 1.29 is 19.1 Å². The average molecular weight is 229 g/mol. The molecule has 0 saturated carbocycles. The van der Waals surface area contributed by atoms with Gasteiger partial charge in [-0.3, -0.25) is 9.59 Å². The van der Waals surface area contributed by atoms with Gasteiger partial charge in [-0.2, -0.15) is 0 Å². The molecule has 0 spiro atoms. The SMILES string of the molecule is CCOC(=O)CC(P)C(=O)OCC.[Na]. The van der Waals surface area contributed by atoms with Crippen LogP contribution in [-0.2, 0) is 19.1 Å². The fourth-order valence-electron chi connectivity index (χ4n) is 0.732. The molecule has 2 atom stereocenters. The summed E-state index contributed by atoms with van der Waals surface area (Å²) >= 11 is 0. The van der Waals surface area contributed by atoms with Crippen LogP contribution in [0.3, 0.4) is 0 Å². The zero-order valence-corrected chi connectivity index (χ0v) is 12.1. The van der Waals surface area contributed by atoms with Gasteiger partial charge in [0.05, 0.1) is 25.3 Å². The molecule has 0 bridgehead atoms. The van der Waals surface area contributed by atoms with E-state index in [0.717, 1.165) is 0 Å². The molecule has 0 aliphatic carbocycles. The molecule has 6 heteroatoms. The second kappa shape index (κ2) is 9.91. The van der Waals surface area contributed by atoms with Crippen LogP contribution in [0.15, 0.2) is 0 Å². The van der Waals surface area contributed by atoms with Crippen LogP contribution in [0.2, 0.25) is 0 Å². The Labute approximate surface area is 109 Å².